The topological polar surface area (TPSA) is 0 Å². The van der Waals surface area contributed by atoms with Gasteiger partial charge >= 0.3 is 0 Å². The maximum Gasteiger partial charge on any atom is 0.0114 e. The van der Waals surface area contributed by atoms with Gasteiger partial charge in [-0.05, 0) is 46.9 Å². The zero-order valence-electron chi connectivity index (χ0n) is 10.1. The summed E-state index contributed by atoms with van der Waals surface area (Å²) < 4.78 is 0. The highest BCUT2D eigenvalue weighted by atomic mass is 32.2. The van der Waals surface area contributed by atoms with Crippen LogP contribution in [0.15, 0.2) is 47.4 Å². The summed E-state index contributed by atoms with van der Waals surface area (Å²) in [5, 5.41) is 0. The highest BCUT2D eigenvalue weighted by molar-refractivity contribution is 7.99. The number of fused-ring (bicyclic) bond motifs is 3. The monoisotopic (exact) mass is 240 g/mol. The van der Waals surface area contributed by atoms with Crippen LogP contribution in [-0.4, -0.2) is 5.75 Å². The minimum Gasteiger partial charge on any atom is -0.126 e. The standard InChI is InChI=1S/C16H16S/c1-2-10-17-16-9-5-8-14-13-7-4-3-6-12(13)11-15(14)16/h3-9H,2,10-11H2,1H3. The van der Waals surface area contributed by atoms with Gasteiger partial charge in [0.15, 0.2) is 0 Å². The van der Waals surface area contributed by atoms with Crippen molar-refractivity contribution in [3.05, 3.63) is 53.6 Å². The number of thioether (sulfide) groups is 1. The first-order valence-corrected chi connectivity index (χ1v) is 7.21. The summed E-state index contributed by atoms with van der Waals surface area (Å²) in [6.45, 7) is 2.24. The number of rotatable bonds is 3. The van der Waals surface area contributed by atoms with Crippen molar-refractivity contribution in [3.63, 3.8) is 0 Å². The van der Waals surface area contributed by atoms with Gasteiger partial charge in [-0.15, -0.1) is 11.8 Å². The van der Waals surface area contributed by atoms with Crippen LogP contribution in [0, 0.1) is 0 Å². The molecule has 17 heavy (non-hydrogen) atoms. The molecule has 2 aromatic rings. The molecule has 3 rings (SSSR count). The van der Waals surface area contributed by atoms with Gasteiger partial charge in [-0.1, -0.05) is 43.3 Å². The first-order chi connectivity index (χ1) is 8.40. The van der Waals surface area contributed by atoms with Gasteiger partial charge in [0.1, 0.15) is 0 Å². The van der Waals surface area contributed by atoms with Crippen LogP contribution in [0.5, 0.6) is 0 Å². The second-order valence-electron chi connectivity index (χ2n) is 4.46. The fourth-order valence-electron chi connectivity index (χ4n) is 2.48. The lowest BCUT2D eigenvalue weighted by Crippen LogP contribution is -1.86. The van der Waals surface area contributed by atoms with Crippen molar-refractivity contribution in [2.24, 2.45) is 0 Å². The van der Waals surface area contributed by atoms with Crippen LogP contribution in [0.3, 0.4) is 0 Å². The van der Waals surface area contributed by atoms with Gasteiger partial charge in [0.05, 0.1) is 0 Å². The Balaban J connectivity index is 2.05. The van der Waals surface area contributed by atoms with Crippen LogP contribution in [0.4, 0.5) is 0 Å². The Hall–Kier alpha value is -1.21. The summed E-state index contributed by atoms with van der Waals surface area (Å²) in [4.78, 5) is 1.47. The number of hydrogen-bond acceptors (Lipinski definition) is 1. The maximum absolute atomic E-state index is 2.27. The van der Waals surface area contributed by atoms with Gasteiger partial charge in [0.2, 0.25) is 0 Å². The molecular formula is C16H16S. The van der Waals surface area contributed by atoms with Crippen molar-refractivity contribution >= 4 is 11.8 Å². The predicted molar refractivity (Wildman–Crippen MR) is 75.7 cm³/mol. The first-order valence-electron chi connectivity index (χ1n) is 6.23. The smallest absolute Gasteiger partial charge is 0.0114 e. The summed E-state index contributed by atoms with van der Waals surface area (Å²) in [6.07, 6.45) is 2.35. The molecule has 0 aliphatic heterocycles. The van der Waals surface area contributed by atoms with E-state index in [1.807, 2.05) is 11.8 Å². The Morgan fingerprint density at radius 3 is 2.71 bits per heavy atom. The zero-order chi connectivity index (χ0) is 11.7. The molecule has 0 heterocycles. The largest absolute Gasteiger partial charge is 0.126 e. The van der Waals surface area contributed by atoms with E-state index < -0.39 is 0 Å². The molecule has 86 valence electrons. The van der Waals surface area contributed by atoms with E-state index in [0.29, 0.717) is 0 Å². The Morgan fingerprint density at radius 2 is 1.82 bits per heavy atom. The summed E-state index contributed by atoms with van der Waals surface area (Å²) in [5.41, 5.74) is 5.89. The average molecular weight is 240 g/mol. The average Bonchev–Trinajstić information content (AvgIpc) is 2.75. The van der Waals surface area contributed by atoms with E-state index in [-0.39, 0.29) is 0 Å². The molecule has 1 aliphatic rings. The minimum atomic E-state index is 1.11. The van der Waals surface area contributed by atoms with Gasteiger partial charge in [-0.2, -0.15) is 0 Å². The van der Waals surface area contributed by atoms with Crippen LogP contribution in [0.2, 0.25) is 0 Å². The lowest BCUT2D eigenvalue weighted by atomic mass is 10.1. The number of benzene rings is 2. The second kappa shape index (κ2) is 4.58. The molecule has 0 amide bonds. The third-order valence-corrected chi connectivity index (χ3v) is 4.58. The maximum atomic E-state index is 2.27. The molecule has 0 spiro atoms. The molecule has 0 fully saturated rings. The van der Waals surface area contributed by atoms with Gasteiger partial charge in [-0.25, -0.2) is 0 Å². The molecule has 0 aromatic heterocycles. The first kappa shape index (κ1) is 10.9. The fourth-order valence-corrected chi connectivity index (χ4v) is 3.43. The van der Waals surface area contributed by atoms with Crippen LogP contribution < -0.4 is 0 Å². The lowest BCUT2D eigenvalue weighted by Gasteiger charge is -2.07. The van der Waals surface area contributed by atoms with Crippen molar-refractivity contribution in [1.29, 1.82) is 0 Å². The van der Waals surface area contributed by atoms with Crippen LogP contribution in [0.1, 0.15) is 24.5 Å². The number of hydrogen-bond donors (Lipinski definition) is 0. The van der Waals surface area contributed by atoms with E-state index in [4.69, 9.17) is 0 Å². The van der Waals surface area contributed by atoms with Crippen molar-refractivity contribution < 1.29 is 0 Å². The molecule has 1 aliphatic carbocycles. The third kappa shape index (κ3) is 1.89. The summed E-state index contributed by atoms with van der Waals surface area (Å²) in [6, 6.07) is 15.5. The van der Waals surface area contributed by atoms with Crippen LogP contribution in [-0.2, 0) is 6.42 Å². The van der Waals surface area contributed by atoms with Gasteiger partial charge in [0.25, 0.3) is 0 Å². The molecule has 0 bridgehead atoms. The Bertz CT molecular complexity index is 543. The van der Waals surface area contributed by atoms with Gasteiger partial charge in [-0.3, -0.25) is 0 Å². The molecule has 1 heteroatoms. The predicted octanol–water partition coefficient (Wildman–Crippen LogP) is 4.76. The lowest BCUT2D eigenvalue weighted by molar-refractivity contribution is 1.10. The van der Waals surface area contributed by atoms with Crippen LogP contribution >= 0.6 is 11.8 Å². The van der Waals surface area contributed by atoms with E-state index in [2.05, 4.69) is 49.4 Å². The van der Waals surface area contributed by atoms with Crippen molar-refractivity contribution in [3.8, 4) is 11.1 Å². The summed E-state index contributed by atoms with van der Waals surface area (Å²) in [5.74, 6) is 1.22. The Labute approximate surface area is 107 Å². The molecule has 2 aromatic carbocycles. The van der Waals surface area contributed by atoms with Crippen molar-refractivity contribution in [2.45, 2.75) is 24.7 Å². The fraction of sp³-hybridized carbons (Fsp3) is 0.250. The zero-order valence-corrected chi connectivity index (χ0v) is 10.9. The summed E-state index contributed by atoms with van der Waals surface area (Å²) >= 11 is 2.00. The van der Waals surface area contributed by atoms with E-state index in [0.717, 1.165) is 6.42 Å². The Morgan fingerprint density at radius 1 is 1.00 bits per heavy atom. The van der Waals surface area contributed by atoms with Crippen molar-refractivity contribution in [2.75, 3.05) is 5.75 Å². The summed E-state index contributed by atoms with van der Waals surface area (Å²) in [7, 11) is 0. The highest BCUT2D eigenvalue weighted by Crippen LogP contribution is 2.41. The van der Waals surface area contributed by atoms with E-state index in [1.165, 1.54) is 39.3 Å². The van der Waals surface area contributed by atoms with Gasteiger partial charge in [0, 0.05) is 4.90 Å². The van der Waals surface area contributed by atoms with Crippen LogP contribution in [0.25, 0.3) is 11.1 Å². The molecule has 0 N–H and O–H groups in total. The molecule has 0 nitrogen and oxygen atoms in total. The normalized spacial score (nSPS) is 12.3. The molecule has 0 atom stereocenters. The molecule has 0 saturated heterocycles. The molecule has 0 radical (unpaired) electrons. The van der Waals surface area contributed by atoms with Gasteiger partial charge < -0.3 is 0 Å². The van der Waals surface area contributed by atoms with E-state index in [9.17, 15) is 0 Å². The molecule has 0 saturated carbocycles. The Kier molecular flexibility index (Phi) is 2.94. The third-order valence-electron chi connectivity index (χ3n) is 3.27. The minimum absolute atomic E-state index is 1.11. The second-order valence-corrected chi connectivity index (χ2v) is 5.60. The van der Waals surface area contributed by atoms with E-state index in [1.54, 1.807) is 0 Å². The molecular weight excluding hydrogens is 224 g/mol. The molecule has 0 unspecified atom stereocenters. The quantitative estimate of drug-likeness (QED) is 0.595. The SMILES string of the molecule is CCCSc1cccc2c1Cc1ccccc1-2. The van der Waals surface area contributed by atoms with E-state index >= 15 is 0 Å². The van der Waals surface area contributed by atoms with Crippen molar-refractivity contribution in [1.82, 2.24) is 0 Å². The highest BCUT2D eigenvalue weighted by Gasteiger charge is 2.19.